The van der Waals surface area contributed by atoms with Crippen LogP contribution in [-0.4, -0.2) is 18.9 Å². The number of hydrogen-bond acceptors (Lipinski definition) is 3. The third kappa shape index (κ3) is 5.08. The van der Waals surface area contributed by atoms with E-state index in [-0.39, 0.29) is 5.70 Å². The number of amides is 2. The van der Waals surface area contributed by atoms with E-state index in [0.717, 1.165) is 5.56 Å². The van der Waals surface area contributed by atoms with Crippen LogP contribution in [0.4, 0.5) is 0 Å². The van der Waals surface area contributed by atoms with Gasteiger partial charge in [-0.2, -0.15) is 0 Å². The Morgan fingerprint density at radius 1 is 1.00 bits per heavy atom. The largest absolute Gasteiger partial charge is 0.457 e. The highest BCUT2D eigenvalue weighted by molar-refractivity contribution is 6.35. The third-order valence-electron chi connectivity index (χ3n) is 4.14. The van der Waals surface area contributed by atoms with Gasteiger partial charge in [-0.3, -0.25) is 9.59 Å². The lowest BCUT2D eigenvalue weighted by Gasteiger charge is -2.08. The number of hydrogen-bond donors (Lipinski definition) is 2. The van der Waals surface area contributed by atoms with E-state index in [0.29, 0.717) is 32.7 Å². The molecule has 0 bridgehead atoms. The zero-order chi connectivity index (χ0) is 21.0. The van der Waals surface area contributed by atoms with Gasteiger partial charge in [0.15, 0.2) is 0 Å². The quantitative estimate of drug-likeness (QED) is 0.556. The smallest absolute Gasteiger partial charge is 0.267 e. The molecule has 0 unspecified atom stereocenters. The second kappa shape index (κ2) is 8.99. The average Bonchev–Trinajstić information content (AvgIpc) is 3.17. The van der Waals surface area contributed by atoms with Crippen LogP contribution in [0.15, 0.2) is 64.7 Å². The summed E-state index contributed by atoms with van der Waals surface area (Å²) < 4.78 is 5.78. The monoisotopic (exact) mass is 428 g/mol. The number of benzene rings is 2. The number of halogens is 2. The van der Waals surface area contributed by atoms with Crippen molar-refractivity contribution < 1.29 is 14.0 Å². The zero-order valence-corrected chi connectivity index (χ0v) is 17.3. The molecule has 2 N–H and O–H groups in total. The minimum Gasteiger partial charge on any atom is -0.457 e. The highest BCUT2D eigenvalue weighted by Crippen LogP contribution is 2.32. The Hall–Kier alpha value is -3.02. The van der Waals surface area contributed by atoms with Gasteiger partial charge in [-0.25, -0.2) is 0 Å². The van der Waals surface area contributed by atoms with Crippen molar-refractivity contribution in [2.75, 3.05) is 7.05 Å². The molecule has 29 heavy (non-hydrogen) atoms. The maximum absolute atomic E-state index is 12.5. The van der Waals surface area contributed by atoms with Crippen LogP contribution in [0.1, 0.15) is 21.7 Å². The Labute approximate surface area is 178 Å². The summed E-state index contributed by atoms with van der Waals surface area (Å²) in [7, 11) is 1.48. The van der Waals surface area contributed by atoms with Crippen molar-refractivity contribution in [2.24, 2.45) is 0 Å². The molecule has 3 aromatic rings. The van der Waals surface area contributed by atoms with E-state index in [9.17, 15) is 9.59 Å². The van der Waals surface area contributed by atoms with Gasteiger partial charge in [0.2, 0.25) is 0 Å². The molecule has 0 aliphatic carbocycles. The number of rotatable bonds is 5. The van der Waals surface area contributed by atoms with E-state index in [1.54, 1.807) is 42.5 Å². The Morgan fingerprint density at radius 2 is 1.72 bits per heavy atom. The van der Waals surface area contributed by atoms with Gasteiger partial charge in [-0.1, -0.05) is 40.9 Å². The fourth-order valence-electron chi connectivity index (χ4n) is 2.60. The fourth-order valence-corrected chi connectivity index (χ4v) is 2.98. The number of carbonyl (C=O) groups excluding carboxylic acids is 2. The number of nitrogens with one attached hydrogen (secondary N) is 2. The maximum atomic E-state index is 12.5. The van der Waals surface area contributed by atoms with Crippen molar-refractivity contribution in [1.82, 2.24) is 10.6 Å². The van der Waals surface area contributed by atoms with Crippen LogP contribution in [0.5, 0.6) is 0 Å². The van der Waals surface area contributed by atoms with Crippen molar-refractivity contribution in [1.29, 1.82) is 0 Å². The summed E-state index contributed by atoms with van der Waals surface area (Å²) in [5.74, 6) is 0.0115. The summed E-state index contributed by atoms with van der Waals surface area (Å²) in [4.78, 5) is 24.7. The predicted octanol–water partition coefficient (Wildman–Crippen LogP) is 5.08. The normalized spacial score (nSPS) is 11.2. The SMILES string of the molecule is CNC(=O)C(=Cc1ccc(-c2cc(Cl)ccc2Cl)o1)NC(=O)c1ccc(C)cc1. The van der Waals surface area contributed by atoms with E-state index in [1.165, 1.54) is 13.1 Å². The molecule has 0 aliphatic heterocycles. The summed E-state index contributed by atoms with van der Waals surface area (Å²) in [6.07, 6.45) is 1.45. The van der Waals surface area contributed by atoms with E-state index < -0.39 is 11.8 Å². The van der Waals surface area contributed by atoms with Crippen molar-refractivity contribution in [3.63, 3.8) is 0 Å². The van der Waals surface area contributed by atoms with Gasteiger partial charge in [-0.05, 0) is 49.4 Å². The van der Waals surface area contributed by atoms with Crippen LogP contribution in [-0.2, 0) is 4.79 Å². The second-order valence-corrected chi connectivity index (χ2v) is 7.13. The van der Waals surface area contributed by atoms with Crippen LogP contribution >= 0.6 is 23.2 Å². The van der Waals surface area contributed by atoms with Crippen molar-refractivity contribution >= 4 is 41.1 Å². The standard InChI is InChI=1S/C22H18Cl2N2O3/c1-13-3-5-14(6-4-13)21(27)26-19(22(28)25-2)12-16-8-10-20(29-16)17-11-15(23)7-9-18(17)24/h3-12H,1-2H3,(H,25,28)(H,26,27). The van der Waals surface area contributed by atoms with Crippen molar-refractivity contribution in [3.05, 3.63) is 87.2 Å². The average molecular weight is 429 g/mol. The summed E-state index contributed by atoms with van der Waals surface area (Å²) in [5, 5.41) is 6.14. The summed E-state index contributed by atoms with van der Waals surface area (Å²) in [5.41, 5.74) is 2.16. The van der Waals surface area contributed by atoms with Crippen molar-refractivity contribution in [3.8, 4) is 11.3 Å². The van der Waals surface area contributed by atoms with Gasteiger partial charge in [0.05, 0.1) is 5.02 Å². The molecular weight excluding hydrogens is 411 g/mol. The second-order valence-electron chi connectivity index (χ2n) is 6.28. The lowest BCUT2D eigenvalue weighted by Crippen LogP contribution is -2.33. The molecule has 1 heterocycles. The molecule has 0 atom stereocenters. The van der Waals surface area contributed by atoms with Crippen LogP contribution in [0.3, 0.4) is 0 Å². The number of likely N-dealkylation sites (N-methyl/N-ethyl adjacent to an activating group) is 1. The van der Waals surface area contributed by atoms with E-state index in [4.69, 9.17) is 27.6 Å². The highest BCUT2D eigenvalue weighted by atomic mass is 35.5. The summed E-state index contributed by atoms with van der Waals surface area (Å²) >= 11 is 12.2. The molecule has 0 saturated carbocycles. The third-order valence-corrected chi connectivity index (χ3v) is 4.71. The molecule has 2 amide bonds. The van der Waals surface area contributed by atoms with Crippen LogP contribution in [0.2, 0.25) is 10.0 Å². The Bertz CT molecular complexity index is 1090. The molecule has 5 nitrogen and oxygen atoms in total. The van der Waals surface area contributed by atoms with E-state index in [2.05, 4.69) is 10.6 Å². The van der Waals surface area contributed by atoms with Crippen molar-refractivity contribution in [2.45, 2.75) is 6.92 Å². The molecule has 0 radical (unpaired) electrons. The molecule has 148 valence electrons. The zero-order valence-electron chi connectivity index (χ0n) is 15.8. The van der Waals surface area contributed by atoms with Gasteiger partial charge in [-0.15, -0.1) is 0 Å². The predicted molar refractivity (Wildman–Crippen MR) is 115 cm³/mol. The van der Waals surface area contributed by atoms with Crippen LogP contribution < -0.4 is 10.6 Å². The minimum absolute atomic E-state index is 0.0520. The number of carbonyl (C=O) groups is 2. The Morgan fingerprint density at radius 3 is 2.41 bits per heavy atom. The molecule has 2 aromatic carbocycles. The molecule has 0 saturated heterocycles. The summed E-state index contributed by atoms with van der Waals surface area (Å²) in [6, 6.07) is 15.5. The van der Waals surface area contributed by atoms with E-state index in [1.807, 2.05) is 19.1 Å². The fraction of sp³-hybridized carbons (Fsp3) is 0.0909. The topological polar surface area (TPSA) is 71.3 Å². The lowest BCUT2D eigenvalue weighted by molar-refractivity contribution is -0.117. The minimum atomic E-state index is -0.454. The summed E-state index contributed by atoms with van der Waals surface area (Å²) in [6.45, 7) is 1.93. The van der Waals surface area contributed by atoms with E-state index >= 15 is 0 Å². The van der Waals surface area contributed by atoms with Crippen LogP contribution in [0, 0.1) is 6.92 Å². The molecule has 0 fully saturated rings. The maximum Gasteiger partial charge on any atom is 0.267 e. The first kappa shape index (κ1) is 20.7. The molecule has 0 aliphatic rings. The van der Waals surface area contributed by atoms with Gasteiger partial charge >= 0.3 is 0 Å². The Balaban J connectivity index is 1.88. The van der Waals surface area contributed by atoms with Gasteiger partial charge in [0.1, 0.15) is 17.2 Å². The Kier molecular flexibility index (Phi) is 6.42. The first-order chi connectivity index (χ1) is 13.9. The first-order valence-electron chi connectivity index (χ1n) is 8.74. The van der Waals surface area contributed by atoms with Gasteiger partial charge in [0, 0.05) is 29.3 Å². The first-order valence-corrected chi connectivity index (χ1v) is 9.50. The molecular formula is C22H18Cl2N2O3. The molecule has 0 spiro atoms. The van der Waals surface area contributed by atoms with Gasteiger partial charge < -0.3 is 15.1 Å². The number of furan rings is 1. The highest BCUT2D eigenvalue weighted by Gasteiger charge is 2.15. The lowest BCUT2D eigenvalue weighted by atomic mass is 10.1. The molecule has 1 aromatic heterocycles. The molecule has 3 rings (SSSR count). The molecule has 7 heteroatoms. The van der Waals surface area contributed by atoms with Gasteiger partial charge in [0.25, 0.3) is 11.8 Å². The number of aryl methyl sites for hydroxylation is 1. The van der Waals surface area contributed by atoms with Crippen LogP contribution in [0.25, 0.3) is 17.4 Å².